The summed E-state index contributed by atoms with van der Waals surface area (Å²) in [7, 11) is 4.12. The van der Waals surface area contributed by atoms with Gasteiger partial charge in [0, 0.05) is 26.0 Å². The Morgan fingerprint density at radius 2 is 1.84 bits per heavy atom. The number of nitrogens with zero attached hydrogens (tertiary/aromatic N) is 2. The van der Waals surface area contributed by atoms with Gasteiger partial charge in [0.25, 0.3) is 0 Å². The van der Waals surface area contributed by atoms with E-state index < -0.39 is 0 Å². The van der Waals surface area contributed by atoms with Crippen LogP contribution >= 0.6 is 0 Å². The highest BCUT2D eigenvalue weighted by atomic mass is 15.1. The Balaban J connectivity index is 1.84. The fourth-order valence-electron chi connectivity index (χ4n) is 1.89. The van der Waals surface area contributed by atoms with Crippen LogP contribution in [0.25, 0.3) is 6.08 Å². The monoisotopic (exact) mass is 252 g/mol. The van der Waals surface area contributed by atoms with Gasteiger partial charge in [-0.15, -0.1) is 0 Å². The van der Waals surface area contributed by atoms with Crippen molar-refractivity contribution in [1.82, 2.24) is 4.98 Å². The van der Waals surface area contributed by atoms with Crippen LogP contribution in [0.2, 0.25) is 0 Å². The number of aromatic nitrogens is 1. The summed E-state index contributed by atoms with van der Waals surface area (Å²) < 4.78 is 0. The van der Waals surface area contributed by atoms with E-state index in [9.17, 15) is 0 Å². The molecule has 0 saturated heterocycles. The maximum Gasteiger partial charge on any atom is 0.0626 e. The molecule has 98 valence electrons. The van der Waals surface area contributed by atoms with Gasteiger partial charge in [0.1, 0.15) is 0 Å². The zero-order valence-electron chi connectivity index (χ0n) is 11.6. The minimum absolute atomic E-state index is 1.02. The van der Waals surface area contributed by atoms with Crippen LogP contribution in [0.5, 0.6) is 0 Å². The third kappa shape index (κ3) is 4.25. The smallest absolute Gasteiger partial charge is 0.0626 e. The summed E-state index contributed by atoms with van der Waals surface area (Å²) in [6.07, 6.45) is 8.19. The van der Waals surface area contributed by atoms with E-state index in [1.165, 1.54) is 11.3 Å². The zero-order chi connectivity index (χ0) is 13.5. The first-order chi connectivity index (χ1) is 9.25. The lowest BCUT2D eigenvalue weighted by molar-refractivity contribution is 1.00. The Hall–Kier alpha value is -2.09. The van der Waals surface area contributed by atoms with Crippen molar-refractivity contribution in [2.75, 3.05) is 19.0 Å². The summed E-state index contributed by atoms with van der Waals surface area (Å²) in [4.78, 5) is 6.38. The summed E-state index contributed by atoms with van der Waals surface area (Å²) >= 11 is 0. The quantitative estimate of drug-likeness (QED) is 0.804. The second kappa shape index (κ2) is 6.74. The van der Waals surface area contributed by atoms with Crippen molar-refractivity contribution in [2.45, 2.75) is 12.8 Å². The van der Waals surface area contributed by atoms with E-state index in [1.54, 1.807) is 0 Å². The van der Waals surface area contributed by atoms with Crippen LogP contribution in [-0.4, -0.2) is 19.1 Å². The number of hydrogen-bond donors (Lipinski definition) is 0. The number of benzene rings is 1. The summed E-state index contributed by atoms with van der Waals surface area (Å²) in [6, 6.07) is 14.7. The molecule has 0 spiro atoms. The molecular formula is C17H20N2. The van der Waals surface area contributed by atoms with Crippen LogP contribution in [-0.2, 0) is 6.42 Å². The highest BCUT2D eigenvalue weighted by Crippen LogP contribution is 2.13. The molecule has 0 fully saturated rings. The van der Waals surface area contributed by atoms with Gasteiger partial charge >= 0.3 is 0 Å². The van der Waals surface area contributed by atoms with Crippen molar-refractivity contribution in [3.8, 4) is 0 Å². The third-order valence-corrected chi connectivity index (χ3v) is 3.03. The summed E-state index contributed by atoms with van der Waals surface area (Å²) in [5, 5.41) is 0. The van der Waals surface area contributed by atoms with Crippen LogP contribution in [0.15, 0.2) is 54.7 Å². The molecule has 2 nitrogen and oxygen atoms in total. The molecule has 0 aliphatic heterocycles. The number of rotatable bonds is 5. The SMILES string of the molecule is CN(C)c1ccc(CCC=Cc2ccccn2)cc1. The third-order valence-electron chi connectivity index (χ3n) is 3.03. The van der Waals surface area contributed by atoms with Gasteiger partial charge in [-0.2, -0.15) is 0 Å². The number of anilines is 1. The molecule has 0 unspecified atom stereocenters. The van der Waals surface area contributed by atoms with E-state index in [2.05, 4.69) is 60.4 Å². The lowest BCUT2D eigenvalue weighted by atomic mass is 10.1. The molecule has 0 aliphatic carbocycles. The molecule has 1 aromatic carbocycles. The number of hydrogen-bond acceptors (Lipinski definition) is 2. The second-order valence-corrected chi connectivity index (χ2v) is 4.76. The Bertz CT molecular complexity index is 513. The molecule has 0 atom stereocenters. The highest BCUT2D eigenvalue weighted by Gasteiger charge is 1.95. The number of pyridine rings is 1. The number of aryl methyl sites for hydroxylation is 1. The maximum atomic E-state index is 4.26. The minimum Gasteiger partial charge on any atom is -0.378 e. The lowest BCUT2D eigenvalue weighted by Gasteiger charge is -2.12. The van der Waals surface area contributed by atoms with Crippen molar-refractivity contribution >= 4 is 11.8 Å². The Labute approximate surface area is 115 Å². The molecule has 0 radical (unpaired) electrons. The molecule has 2 aromatic rings. The molecule has 19 heavy (non-hydrogen) atoms. The molecule has 0 bridgehead atoms. The molecule has 0 N–H and O–H groups in total. The van der Waals surface area contributed by atoms with Crippen LogP contribution < -0.4 is 4.90 Å². The average molecular weight is 252 g/mol. The maximum absolute atomic E-state index is 4.26. The molecule has 0 amide bonds. The van der Waals surface area contributed by atoms with Crippen molar-refractivity contribution in [3.63, 3.8) is 0 Å². The molecule has 0 aliphatic rings. The largest absolute Gasteiger partial charge is 0.378 e. The average Bonchev–Trinajstić information content (AvgIpc) is 2.45. The first-order valence-electron chi connectivity index (χ1n) is 6.59. The van der Waals surface area contributed by atoms with Gasteiger partial charge in [0.2, 0.25) is 0 Å². The topological polar surface area (TPSA) is 16.1 Å². The van der Waals surface area contributed by atoms with E-state index in [1.807, 2.05) is 24.4 Å². The van der Waals surface area contributed by atoms with Crippen molar-refractivity contribution in [2.24, 2.45) is 0 Å². The second-order valence-electron chi connectivity index (χ2n) is 4.76. The van der Waals surface area contributed by atoms with Gasteiger partial charge in [-0.1, -0.05) is 24.3 Å². The summed E-state index contributed by atoms with van der Waals surface area (Å²) in [5.74, 6) is 0. The van der Waals surface area contributed by atoms with Gasteiger partial charge in [0.05, 0.1) is 5.69 Å². The van der Waals surface area contributed by atoms with Gasteiger partial charge in [-0.25, -0.2) is 0 Å². The summed E-state index contributed by atoms with van der Waals surface area (Å²) in [5.41, 5.74) is 3.63. The van der Waals surface area contributed by atoms with E-state index in [0.717, 1.165) is 18.5 Å². The van der Waals surface area contributed by atoms with E-state index >= 15 is 0 Å². The Kier molecular flexibility index (Phi) is 4.73. The molecule has 2 rings (SSSR count). The normalized spacial score (nSPS) is 10.8. The molecule has 0 saturated carbocycles. The molecule has 2 heteroatoms. The summed E-state index contributed by atoms with van der Waals surface area (Å²) in [6.45, 7) is 0. The van der Waals surface area contributed by atoms with Gasteiger partial charge in [-0.3, -0.25) is 4.98 Å². The standard InChI is InChI=1S/C17H20N2/c1-19(2)17-12-10-15(11-13-17)7-3-4-8-16-9-5-6-14-18-16/h4-6,8-14H,3,7H2,1-2H3. The van der Waals surface area contributed by atoms with E-state index in [0.29, 0.717) is 0 Å². The predicted octanol–water partition coefficient (Wildman–Crippen LogP) is 3.79. The fraction of sp³-hybridized carbons (Fsp3) is 0.235. The number of allylic oxidation sites excluding steroid dienone is 1. The zero-order valence-corrected chi connectivity index (χ0v) is 11.6. The van der Waals surface area contributed by atoms with Crippen LogP contribution in [0, 0.1) is 0 Å². The first-order valence-corrected chi connectivity index (χ1v) is 6.59. The first kappa shape index (κ1) is 13.3. The van der Waals surface area contributed by atoms with Gasteiger partial charge in [-0.05, 0) is 48.7 Å². The van der Waals surface area contributed by atoms with Gasteiger partial charge < -0.3 is 4.90 Å². The fourth-order valence-corrected chi connectivity index (χ4v) is 1.89. The molecule has 1 aromatic heterocycles. The Morgan fingerprint density at radius 3 is 2.47 bits per heavy atom. The van der Waals surface area contributed by atoms with Crippen LogP contribution in [0.4, 0.5) is 5.69 Å². The molecule has 1 heterocycles. The van der Waals surface area contributed by atoms with Crippen molar-refractivity contribution in [1.29, 1.82) is 0 Å². The van der Waals surface area contributed by atoms with Crippen LogP contribution in [0.1, 0.15) is 17.7 Å². The lowest BCUT2D eigenvalue weighted by Crippen LogP contribution is -2.08. The van der Waals surface area contributed by atoms with Crippen molar-refractivity contribution < 1.29 is 0 Å². The van der Waals surface area contributed by atoms with Crippen molar-refractivity contribution in [3.05, 3.63) is 66.0 Å². The minimum atomic E-state index is 1.02. The predicted molar refractivity (Wildman–Crippen MR) is 82.4 cm³/mol. The van der Waals surface area contributed by atoms with Gasteiger partial charge in [0.15, 0.2) is 0 Å². The molecular weight excluding hydrogens is 232 g/mol. The Morgan fingerprint density at radius 1 is 1.05 bits per heavy atom. The highest BCUT2D eigenvalue weighted by molar-refractivity contribution is 5.46. The van der Waals surface area contributed by atoms with E-state index in [-0.39, 0.29) is 0 Å². The van der Waals surface area contributed by atoms with Crippen LogP contribution in [0.3, 0.4) is 0 Å². The van der Waals surface area contributed by atoms with E-state index in [4.69, 9.17) is 0 Å².